The molecule has 0 bridgehead atoms. The van der Waals surface area contributed by atoms with Gasteiger partial charge in [0.15, 0.2) is 0 Å². The number of aryl methyl sites for hydroxylation is 1. The molecule has 1 aliphatic rings. The summed E-state index contributed by atoms with van der Waals surface area (Å²) < 4.78 is 0. The first-order valence-corrected chi connectivity index (χ1v) is 8.82. The van der Waals surface area contributed by atoms with Gasteiger partial charge in [0.2, 0.25) is 5.91 Å². The Labute approximate surface area is 157 Å². The number of aromatic nitrogens is 1. The van der Waals surface area contributed by atoms with Gasteiger partial charge in [0, 0.05) is 36.1 Å². The Morgan fingerprint density at radius 3 is 2.70 bits per heavy atom. The summed E-state index contributed by atoms with van der Waals surface area (Å²) in [4.78, 5) is 28.5. The highest BCUT2D eigenvalue weighted by Gasteiger charge is 2.26. The van der Waals surface area contributed by atoms with Gasteiger partial charge in [-0.15, -0.1) is 0 Å². The zero-order valence-electron chi connectivity index (χ0n) is 14.9. The van der Waals surface area contributed by atoms with Gasteiger partial charge in [-0.1, -0.05) is 35.9 Å². The zero-order valence-corrected chi connectivity index (χ0v) is 14.9. The predicted octanol–water partition coefficient (Wildman–Crippen LogP) is 4.12. The van der Waals surface area contributed by atoms with E-state index in [1.165, 1.54) is 11.8 Å². The minimum Gasteiger partial charge on any atom is -0.326 e. The van der Waals surface area contributed by atoms with E-state index in [1.54, 1.807) is 18.3 Å². The average Bonchev–Trinajstić information content (AvgIpc) is 2.68. The van der Waals surface area contributed by atoms with Crippen molar-refractivity contribution >= 4 is 23.2 Å². The minimum atomic E-state index is -0.236. The number of nitrogens with one attached hydrogen (secondary N) is 2. The second kappa shape index (κ2) is 7.03. The van der Waals surface area contributed by atoms with Crippen molar-refractivity contribution < 1.29 is 9.59 Å². The van der Waals surface area contributed by atoms with Crippen LogP contribution >= 0.6 is 0 Å². The molecule has 0 saturated heterocycles. The molecule has 2 N–H and O–H groups in total. The van der Waals surface area contributed by atoms with Crippen LogP contribution in [0.1, 0.15) is 39.4 Å². The summed E-state index contributed by atoms with van der Waals surface area (Å²) in [6.45, 7) is 2.04. The second-order valence-electron chi connectivity index (χ2n) is 6.71. The van der Waals surface area contributed by atoms with E-state index in [2.05, 4.69) is 39.9 Å². The van der Waals surface area contributed by atoms with Crippen LogP contribution in [0.5, 0.6) is 0 Å². The van der Waals surface area contributed by atoms with E-state index >= 15 is 0 Å². The summed E-state index contributed by atoms with van der Waals surface area (Å²) in [7, 11) is 0. The van der Waals surface area contributed by atoms with Crippen LogP contribution in [0.3, 0.4) is 0 Å². The molecule has 1 aromatic heterocycles. The van der Waals surface area contributed by atoms with E-state index in [0.29, 0.717) is 17.7 Å². The molecule has 3 aromatic rings. The van der Waals surface area contributed by atoms with Crippen molar-refractivity contribution in [1.82, 2.24) is 4.98 Å². The number of benzene rings is 2. The Morgan fingerprint density at radius 1 is 1.15 bits per heavy atom. The molecule has 0 radical (unpaired) electrons. The molecule has 5 nitrogen and oxygen atoms in total. The fourth-order valence-electron chi connectivity index (χ4n) is 3.34. The number of carbonyl (C=O) groups is 2. The first kappa shape index (κ1) is 17.0. The van der Waals surface area contributed by atoms with Crippen LogP contribution in [-0.2, 0) is 4.79 Å². The lowest BCUT2D eigenvalue weighted by atomic mass is 9.84. The summed E-state index contributed by atoms with van der Waals surface area (Å²) in [6.07, 6.45) is 3.55. The largest absolute Gasteiger partial charge is 0.326 e. The highest BCUT2D eigenvalue weighted by molar-refractivity contribution is 6.05. The lowest BCUT2D eigenvalue weighted by Gasteiger charge is -2.26. The Balaban J connectivity index is 1.63. The lowest BCUT2D eigenvalue weighted by molar-refractivity contribution is -0.116. The molecular formula is C22H19N3O2. The van der Waals surface area contributed by atoms with Gasteiger partial charge in [0.1, 0.15) is 0 Å². The number of fused-ring (bicyclic) bond motifs is 1. The third kappa shape index (κ3) is 3.58. The molecule has 0 saturated carbocycles. The summed E-state index contributed by atoms with van der Waals surface area (Å²) in [5.74, 6) is -0.249. The standard InChI is InChI=1S/C22H19N3O2/c1-14-4-6-15(7-5-14)19-12-21(26)25-20-11-17(8-9-18(19)20)24-22(27)16-3-2-10-23-13-16/h2-11,13,19H,12H2,1H3,(H,24,27)(H,25,26). The normalized spacial score (nSPS) is 15.6. The van der Waals surface area contributed by atoms with E-state index in [4.69, 9.17) is 0 Å². The van der Waals surface area contributed by atoms with Crippen LogP contribution in [0.25, 0.3) is 0 Å². The van der Waals surface area contributed by atoms with E-state index in [1.807, 2.05) is 25.1 Å². The van der Waals surface area contributed by atoms with E-state index in [0.717, 1.165) is 16.8 Å². The molecule has 0 spiro atoms. The number of rotatable bonds is 3. The molecule has 1 aliphatic heterocycles. The zero-order chi connectivity index (χ0) is 18.8. The van der Waals surface area contributed by atoms with Gasteiger partial charge in [-0.2, -0.15) is 0 Å². The van der Waals surface area contributed by atoms with Gasteiger partial charge in [0.25, 0.3) is 5.91 Å². The first-order valence-electron chi connectivity index (χ1n) is 8.82. The molecule has 5 heteroatoms. The molecule has 1 atom stereocenters. The van der Waals surface area contributed by atoms with Gasteiger partial charge in [-0.05, 0) is 42.3 Å². The summed E-state index contributed by atoms with van der Waals surface area (Å²) in [5, 5.41) is 5.78. The van der Waals surface area contributed by atoms with E-state index in [9.17, 15) is 9.59 Å². The summed E-state index contributed by atoms with van der Waals surface area (Å²) in [6, 6.07) is 17.3. The minimum absolute atomic E-state index is 0.0115. The quantitative estimate of drug-likeness (QED) is 0.741. The average molecular weight is 357 g/mol. The maximum atomic E-state index is 12.3. The highest BCUT2D eigenvalue weighted by atomic mass is 16.2. The monoisotopic (exact) mass is 357 g/mol. The van der Waals surface area contributed by atoms with Crippen molar-refractivity contribution in [3.05, 3.63) is 89.2 Å². The molecule has 134 valence electrons. The van der Waals surface area contributed by atoms with Crippen LogP contribution in [0.15, 0.2) is 67.0 Å². The van der Waals surface area contributed by atoms with Crippen molar-refractivity contribution in [2.45, 2.75) is 19.3 Å². The van der Waals surface area contributed by atoms with Crippen LogP contribution < -0.4 is 10.6 Å². The number of hydrogen-bond acceptors (Lipinski definition) is 3. The molecule has 2 aromatic carbocycles. The molecule has 4 rings (SSSR count). The molecule has 0 aliphatic carbocycles. The number of pyridine rings is 1. The highest BCUT2D eigenvalue weighted by Crippen LogP contribution is 2.38. The number of nitrogens with zero attached hydrogens (tertiary/aromatic N) is 1. The van der Waals surface area contributed by atoms with Crippen LogP contribution in [0, 0.1) is 6.92 Å². The third-order valence-electron chi connectivity index (χ3n) is 4.75. The van der Waals surface area contributed by atoms with Gasteiger partial charge >= 0.3 is 0 Å². The number of hydrogen-bond donors (Lipinski definition) is 2. The summed E-state index contributed by atoms with van der Waals surface area (Å²) in [5.41, 5.74) is 5.21. The Kier molecular flexibility index (Phi) is 4.42. The third-order valence-corrected chi connectivity index (χ3v) is 4.75. The Bertz CT molecular complexity index is 998. The van der Waals surface area contributed by atoms with Crippen LogP contribution in [0.4, 0.5) is 11.4 Å². The van der Waals surface area contributed by atoms with Gasteiger partial charge < -0.3 is 10.6 Å². The maximum absolute atomic E-state index is 12.3. The van der Waals surface area contributed by atoms with Gasteiger partial charge in [0.05, 0.1) is 5.56 Å². The number of amides is 2. The fourth-order valence-corrected chi connectivity index (χ4v) is 3.34. The molecule has 1 unspecified atom stereocenters. The van der Waals surface area contributed by atoms with E-state index < -0.39 is 0 Å². The number of carbonyl (C=O) groups excluding carboxylic acids is 2. The van der Waals surface area contributed by atoms with Crippen LogP contribution in [0.2, 0.25) is 0 Å². The van der Waals surface area contributed by atoms with E-state index in [-0.39, 0.29) is 17.7 Å². The van der Waals surface area contributed by atoms with Crippen molar-refractivity contribution in [2.75, 3.05) is 10.6 Å². The predicted molar refractivity (Wildman–Crippen MR) is 105 cm³/mol. The molecule has 0 fully saturated rings. The topological polar surface area (TPSA) is 71.1 Å². The van der Waals surface area contributed by atoms with Crippen molar-refractivity contribution in [2.24, 2.45) is 0 Å². The lowest BCUT2D eigenvalue weighted by Crippen LogP contribution is -2.24. The van der Waals surface area contributed by atoms with Crippen molar-refractivity contribution in [1.29, 1.82) is 0 Å². The maximum Gasteiger partial charge on any atom is 0.257 e. The SMILES string of the molecule is Cc1ccc(C2CC(=O)Nc3cc(NC(=O)c4cccnc4)ccc32)cc1. The van der Waals surface area contributed by atoms with Crippen molar-refractivity contribution in [3.8, 4) is 0 Å². The smallest absolute Gasteiger partial charge is 0.257 e. The molecular weight excluding hydrogens is 338 g/mol. The molecule has 2 amide bonds. The van der Waals surface area contributed by atoms with Gasteiger partial charge in [-0.25, -0.2) is 0 Å². The second-order valence-corrected chi connectivity index (χ2v) is 6.71. The molecule has 27 heavy (non-hydrogen) atoms. The number of anilines is 2. The Morgan fingerprint density at radius 2 is 1.96 bits per heavy atom. The summed E-state index contributed by atoms with van der Waals surface area (Å²) >= 11 is 0. The van der Waals surface area contributed by atoms with Crippen LogP contribution in [-0.4, -0.2) is 16.8 Å². The fraction of sp³-hybridized carbons (Fsp3) is 0.136. The molecule has 2 heterocycles. The van der Waals surface area contributed by atoms with Gasteiger partial charge in [-0.3, -0.25) is 14.6 Å². The van der Waals surface area contributed by atoms with Crippen molar-refractivity contribution in [3.63, 3.8) is 0 Å². The Hall–Kier alpha value is -3.47. The first-order chi connectivity index (χ1) is 13.1.